The Bertz CT molecular complexity index is 1290. The Labute approximate surface area is 184 Å². The lowest BCUT2D eigenvalue weighted by atomic mass is 10.1. The van der Waals surface area contributed by atoms with Crippen LogP contribution in [0.25, 0.3) is 11.0 Å². The van der Waals surface area contributed by atoms with Gasteiger partial charge in [0.25, 0.3) is 5.91 Å². The fourth-order valence-electron chi connectivity index (χ4n) is 3.61. The molecule has 32 heavy (non-hydrogen) atoms. The van der Waals surface area contributed by atoms with Gasteiger partial charge in [0.15, 0.2) is 18.0 Å². The SMILES string of the molecule is Cc1c(C(=O)OCC(=O)Nc2cccc(S(=O)(=O)N3CCCC3)c2)oc2c(F)cccc12. The van der Waals surface area contributed by atoms with Crippen molar-refractivity contribution in [2.75, 3.05) is 25.0 Å². The fraction of sp³-hybridized carbons (Fsp3) is 0.273. The minimum Gasteiger partial charge on any atom is -0.450 e. The van der Waals surface area contributed by atoms with Crippen LogP contribution in [0.2, 0.25) is 0 Å². The van der Waals surface area contributed by atoms with Gasteiger partial charge in [-0.1, -0.05) is 18.2 Å². The summed E-state index contributed by atoms with van der Waals surface area (Å²) >= 11 is 0. The van der Waals surface area contributed by atoms with Crippen molar-refractivity contribution in [3.63, 3.8) is 0 Å². The highest BCUT2D eigenvalue weighted by Crippen LogP contribution is 2.28. The summed E-state index contributed by atoms with van der Waals surface area (Å²) in [4.78, 5) is 24.6. The van der Waals surface area contributed by atoms with Gasteiger partial charge in [-0.15, -0.1) is 0 Å². The first-order chi connectivity index (χ1) is 15.3. The van der Waals surface area contributed by atoms with Gasteiger partial charge in [0.1, 0.15) is 0 Å². The number of rotatable bonds is 6. The number of nitrogens with zero attached hydrogens (tertiary/aromatic N) is 1. The molecule has 1 aliphatic rings. The third-order valence-electron chi connectivity index (χ3n) is 5.26. The molecule has 0 radical (unpaired) electrons. The molecule has 0 bridgehead atoms. The molecule has 0 atom stereocenters. The van der Waals surface area contributed by atoms with Crippen molar-refractivity contribution in [3.8, 4) is 0 Å². The Morgan fingerprint density at radius 1 is 1.16 bits per heavy atom. The van der Waals surface area contributed by atoms with E-state index in [1.54, 1.807) is 13.0 Å². The zero-order chi connectivity index (χ0) is 22.9. The van der Waals surface area contributed by atoms with Gasteiger partial charge >= 0.3 is 5.97 Å². The van der Waals surface area contributed by atoms with E-state index in [-0.39, 0.29) is 21.9 Å². The molecule has 1 aliphatic heterocycles. The largest absolute Gasteiger partial charge is 0.450 e. The second-order valence-corrected chi connectivity index (χ2v) is 9.37. The average molecular weight is 460 g/mol. The van der Waals surface area contributed by atoms with Crippen molar-refractivity contribution < 1.29 is 31.6 Å². The second-order valence-electron chi connectivity index (χ2n) is 7.44. The summed E-state index contributed by atoms with van der Waals surface area (Å²) < 4.78 is 50.9. The molecule has 0 unspecified atom stereocenters. The van der Waals surface area contributed by atoms with E-state index in [0.717, 1.165) is 12.8 Å². The number of benzene rings is 2. The van der Waals surface area contributed by atoms with Crippen LogP contribution in [0.1, 0.15) is 29.0 Å². The average Bonchev–Trinajstić information content (AvgIpc) is 3.42. The number of sulfonamides is 1. The number of nitrogens with one attached hydrogen (secondary N) is 1. The normalized spacial score (nSPS) is 14.6. The molecule has 0 aliphatic carbocycles. The van der Waals surface area contributed by atoms with Crippen LogP contribution in [0, 0.1) is 12.7 Å². The first-order valence-electron chi connectivity index (χ1n) is 10.0. The van der Waals surface area contributed by atoms with Crippen LogP contribution in [0.5, 0.6) is 0 Å². The second kappa shape index (κ2) is 8.71. The van der Waals surface area contributed by atoms with Crippen LogP contribution in [0.3, 0.4) is 0 Å². The molecule has 168 valence electrons. The van der Waals surface area contributed by atoms with E-state index in [9.17, 15) is 22.4 Å². The van der Waals surface area contributed by atoms with Crippen molar-refractivity contribution in [3.05, 3.63) is 59.6 Å². The molecule has 2 heterocycles. The highest BCUT2D eigenvalue weighted by Gasteiger charge is 2.27. The van der Waals surface area contributed by atoms with Crippen molar-refractivity contribution in [2.24, 2.45) is 0 Å². The molecule has 4 rings (SSSR count). The number of carbonyl (C=O) groups is 2. The van der Waals surface area contributed by atoms with Gasteiger partial charge in [0.2, 0.25) is 15.8 Å². The van der Waals surface area contributed by atoms with Crippen molar-refractivity contribution >= 4 is 38.6 Å². The molecule has 1 amide bonds. The predicted octanol–water partition coefficient (Wildman–Crippen LogP) is 3.46. The summed E-state index contributed by atoms with van der Waals surface area (Å²) in [5, 5.41) is 2.95. The predicted molar refractivity (Wildman–Crippen MR) is 114 cm³/mol. The Hall–Kier alpha value is -3.24. The third kappa shape index (κ3) is 4.23. The topological polar surface area (TPSA) is 106 Å². The number of anilines is 1. The van der Waals surface area contributed by atoms with Crippen LogP contribution < -0.4 is 5.32 Å². The Balaban J connectivity index is 1.41. The lowest BCUT2D eigenvalue weighted by Crippen LogP contribution is -2.28. The van der Waals surface area contributed by atoms with E-state index in [4.69, 9.17) is 9.15 Å². The number of hydrogen-bond donors (Lipinski definition) is 1. The molecule has 10 heteroatoms. The molecule has 0 saturated carbocycles. The molecule has 1 aromatic heterocycles. The van der Waals surface area contributed by atoms with Gasteiger partial charge in [0.05, 0.1) is 4.90 Å². The van der Waals surface area contributed by atoms with E-state index in [1.807, 2.05) is 0 Å². The summed E-state index contributed by atoms with van der Waals surface area (Å²) in [5.41, 5.74) is 0.607. The Kier molecular flexibility index (Phi) is 5.98. The molecule has 2 aromatic carbocycles. The number of esters is 1. The molecule has 1 saturated heterocycles. The van der Waals surface area contributed by atoms with E-state index in [2.05, 4.69) is 5.32 Å². The highest BCUT2D eigenvalue weighted by molar-refractivity contribution is 7.89. The Morgan fingerprint density at radius 3 is 2.59 bits per heavy atom. The molecule has 0 spiro atoms. The number of para-hydroxylation sites is 1. The third-order valence-corrected chi connectivity index (χ3v) is 7.15. The summed E-state index contributed by atoms with van der Waals surface area (Å²) in [6.07, 6.45) is 1.64. The molecular formula is C22H21FN2O6S. The van der Waals surface area contributed by atoms with Gasteiger partial charge in [-0.05, 0) is 44.0 Å². The number of furan rings is 1. The smallest absolute Gasteiger partial charge is 0.375 e. The summed E-state index contributed by atoms with van der Waals surface area (Å²) in [6.45, 7) is 1.91. The highest BCUT2D eigenvalue weighted by atomic mass is 32.2. The zero-order valence-electron chi connectivity index (χ0n) is 17.3. The maximum Gasteiger partial charge on any atom is 0.375 e. The van der Waals surface area contributed by atoms with E-state index >= 15 is 0 Å². The summed E-state index contributed by atoms with van der Waals surface area (Å²) in [6, 6.07) is 10.2. The van der Waals surface area contributed by atoms with Gasteiger partial charge in [-0.25, -0.2) is 17.6 Å². The lowest BCUT2D eigenvalue weighted by molar-refractivity contribution is -0.119. The van der Waals surface area contributed by atoms with Gasteiger partial charge < -0.3 is 14.5 Å². The molecular weight excluding hydrogens is 439 g/mol. The lowest BCUT2D eigenvalue weighted by Gasteiger charge is -2.16. The fourth-order valence-corrected chi connectivity index (χ4v) is 5.17. The van der Waals surface area contributed by atoms with Crippen molar-refractivity contribution in [1.29, 1.82) is 0 Å². The zero-order valence-corrected chi connectivity index (χ0v) is 18.1. The number of carbonyl (C=O) groups excluding carboxylic acids is 2. The summed E-state index contributed by atoms with van der Waals surface area (Å²) in [7, 11) is -3.63. The molecule has 3 aromatic rings. The monoisotopic (exact) mass is 460 g/mol. The first-order valence-corrected chi connectivity index (χ1v) is 11.5. The van der Waals surface area contributed by atoms with Gasteiger partial charge in [-0.3, -0.25) is 4.79 Å². The standard InChI is InChI=1S/C22H21FN2O6S/c1-14-17-8-5-9-18(23)21(17)31-20(14)22(27)30-13-19(26)24-15-6-4-7-16(12-15)32(28,29)25-10-2-3-11-25/h4-9,12H,2-3,10-11,13H2,1H3,(H,24,26). The van der Waals surface area contributed by atoms with E-state index in [0.29, 0.717) is 24.0 Å². The number of fused-ring (bicyclic) bond motifs is 1. The maximum absolute atomic E-state index is 13.9. The van der Waals surface area contributed by atoms with Crippen LogP contribution in [0.4, 0.5) is 10.1 Å². The number of ether oxygens (including phenoxy) is 1. The van der Waals surface area contributed by atoms with E-state index < -0.39 is 34.3 Å². The Morgan fingerprint density at radius 2 is 1.88 bits per heavy atom. The number of hydrogen-bond acceptors (Lipinski definition) is 6. The number of aryl methyl sites for hydroxylation is 1. The quantitative estimate of drug-likeness (QED) is 0.565. The van der Waals surface area contributed by atoms with Crippen LogP contribution in [0.15, 0.2) is 51.8 Å². The number of halogens is 1. The van der Waals surface area contributed by atoms with Crippen molar-refractivity contribution in [1.82, 2.24) is 4.31 Å². The minimum absolute atomic E-state index is 0.0579. The summed E-state index contributed by atoms with van der Waals surface area (Å²) in [5.74, 6) is -2.35. The van der Waals surface area contributed by atoms with Crippen LogP contribution in [-0.2, 0) is 19.6 Å². The first kappa shape index (κ1) is 22.0. The molecule has 8 nitrogen and oxygen atoms in total. The minimum atomic E-state index is -3.63. The molecule has 1 N–H and O–H groups in total. The van der Waals surface area contributed by atoms with Gasteiger partial charge in [-0.2, -0.15) is 4.31 Å². The maximum atomic E-state index is 13.9. The van der Waals surface area contributed by atoms with Crippen LogP contribution >= 0.6 is 0 Å². The molecule has 1 fully saturated rings. The van der Waals surface area contributed by atoms with Crippen molar-refractivity contribution in [2.45, 2.75) is 24.7 Å². The number of amides is 1. The van der Waals surface area contributed by atoms with Gasteiger partial charge in [0, 0.05) is 29.7 Å². The van der Waals surface area contributed by atoms with E-state index in [1.165, 1.54) is 40.7 Å². The van der Waals surface area contributed by atoms with Crippen LogP contribution in [-0.4, -0.2) is 44.3 Å².